The van der Waals surface area contributed by atoms with Crippen LogP contribution < -0.4 is 11.3 Å². The third kappa shape index (κ3) is 3.87. The lowest BCUT2D eigenvalue weighted by Gasteiger charge is -2.15. The molecule has 19 heavy (non-hydrogen) atoms. The molecule has 2 aromatic rings. The van der Waals surface area contributed by atoms with E-state index in [1.165, 1.54) is 11.1 Å². The van der Waals surface area contributed by atoms with Gasteiger partial charge in [-0.15, -0.1) is 0 Å². The molecule has 0 aliphatic rings. The number of hydrogen-bond acceptors (Lipinski definition) is 4. The van der Waals surface area contributed by atoms with Crippen LogP contribution in [-0.2, 0) is 19.9 Å². The van der Waals surface area contributed by atoms with Gasteiger partial charge in [0.1, 0.15) is 12.2 Å². The van der Waals surface area contributed by atoms with Gasteiger partial charge in [0.05, 0.1) is 0 Å². The highest BCUT2D eigenvalue weighted by atomic mass is 15.3. The molecular formula is C14H21N5. The molecular weight excluding hydrogens is 238 g/mol. The molecule has 0 bridgehead atoms. The third-order valence-corrected chi connectivity index (χ3v) is 3.33. The molecule has 1 unspecified atom stereocenters. The van der Waals surface area contributed by atoms with Gasteiger partial charge in [-0.25, -0.2) is 4.98 Å². The molecule has 0 spiro atoms. The topological polar surface area (TPSA) is 68.8 Å². The van der Waals surface area contributed by atoms with E-state index in [1.54, 1.807) is 11.0 Å². The van der Waals surface area contributed by atoms with E-state index in [4.69, 9.17) is 5.84 Å². The molecule has 0 aliphatic heterocycles. The van der Waals surface area contributed by atoms with Crippen molar-refractivity contribution in [1.29, 1.82) is 0 Å². The maximum atomic E-state index is 5.63. The van der Waals surface area contributed by atoms with Crippen LogP contribution in [0.4, 0.5) is 0 Å². The Hall–Kier alpha value is -1.72. The summed E-state index contributed by atoms with van der Waals surface area (Å²) < 4.78 is 1.79. The monoisotopic (exact) mass is 259 g/mol. The summed E-state index contributed by atoms with van der Waals surface area (Å²) >= 11 is 0. The van der Waals surface area contributed by atoms with Crippen LogP contribution in [0.1, 0.15) is 23.4 Å². The maximum absolute atomic E-state index is 5.63. The van der Waals surface area contributed by atoms with Gasteiger partial charge < -0.3 is 0 Å². The molecule has 3 N–H and O–H groups in total. The average molecular weight is 259 g/mol. The lowest BCUT2D eigenvalue weighted by molar-refractivity contribution is 0.473. The third-order valence-electron chi connectivity index (χ3n) is 3.33. The number of aryl methyl sites for hydroxylation is 3. The molecule has 0 saturated heterocycles. The van der Waals surface area contributed by atoms with Gasteiger partial charge in [-0.3, -0.25) is 16.0 Å². The molecule has 5 nitrogen and oxygen atoms in total. The van der Waals surface area contributed by atoms with Crippen molar-refractivity contribution >= 4 is 0 Å². The van der Waals surface area contributed by atoms with Crippen molar-refractivity contribution in [2.75, 3.05) is 0 Å². The van der Waals surface area contributed by atoms with Gasteiger partial charge >= 0.3 is 0 Å². The molecule has 102 valence electrons. The van der Waals surface area contributed by atoms with Crippen LogP contribution in [0.5, 0.6) is 0 Å². The number of aromatic nitrogens is 3. The number of rotatable bonds is 6. The zero-order valence-electron chi connectivity index (χ0n) is 11.5. The molecule has 1 atom stereocenters. The Kier molecular flexibility index (Phi) is 4.65. The average Bonchev–Trinajstić information content (AvgIpc) is 2.80. The Morgan fingerprint density at radius 2 is 2.26 bits per heavy atom. The van der Waals surface area contributed by atoms with Gasteiger partial charge in [-0.2, -0.15) is 5.10 Å². The summed E-state index contributed by atoms with van der Waals surface area (Å²) in [5.41, 5.74) is 5.51. The second-order valence-electron chi connectivity index (χ2n) is 4.90. The van der Waals surface area contributed by atoms with Crippen LogP contribution in [0, 0.1) is 6.92 Å². The number of hydrazine groups is 1. The first-order valence-electron chi connectivity index (χ1n) is 6.53. The van der Waals surface area contributed by atoms with Crippen LogP contribution in [0.25, 0.3) is 0 Å². The first-order chi connectivity index (χ1) is 9.19. The second-order valence-corrected chi connectivity index (χ2v) is 4.90. The number of hydrogen-bond donors (Lipinski definition) is 2. The minimum atomic E-state index is 0.211. The quantitative estimate of drug-likeness (QED) is 0.603. The van der Waals surface area contributed by atoms with E-state index in [2.05, 4.69) is 46.7 Å². The molecule has 2 rings (SSSR count). The van der Waals surface area contributed by atoms with Gasteiger partial charge in [0.2, 0.25) is 0 Å². The SMILES string of the molecule is Cc1cccc(CCC(Cc2ncnn2C)NN)c1. The van der Waals surface area contributed by atoms with Crippen LogP contribution in [-0.4, -0.2) is 20.8 Å². The van der Waals surface area contributed by atoms with E-state index in [1.807, 2.05) is 7.05 Å². The van der Waals surface area contributed by atoms with Gasteiger partial charge in [0, 0.05) is 19.5 Å². The summed E-state index contributed by atoms with van der Waals surface area (Å²) in [5.74, 6) is 6.58. The van der Waals surface area contributed by atoms with Crippen LogP contribution in [0.2, 0.25) is 0 Å². The molecule has 0 aliphatic carbocycles. The van der Waals surface area contributed by atoms with E-state index in [0.717, 1.165) is 25.1 Å². The standard InChI is InChI=1S/C14H21N5/c1-11-4-3-5-12(8-11)6-7-13(18-15)9-14-16-10-17-19(14)2/h3-5,8,10,13,18H,6-7,9,15H2,1-2H3. The van der Waals surface area contributed by atoms with Gasteiger partial charge in [0.25, 0.3) is 0 Å². The van der Waals surface area contributed by atoms with E-state index in [-0.39, 0.29) is 6.04 Å². The summed E-state index contributed by atoms with van der Waals surface area (Å²) in [4.78, 5) is 4.23. The highest BCUT2D eigenvalue weighted by Gasteiger charge is 2.11. The van der Waals surface area contributed by atoms with Crippen molar-refractivity contribution in [2.24, 2.45) is 12.9 Å². The first kappa shape index (κ1) is 13.7. The molecule has 0 radical (unpaired) electrons. The Morgan fingerprint density at radius 3 is 2.89 bits per heavy atom. The summed E-state index contributed by atoms with van der Waals surface area (Å²) in [6, 6.07) is 8.79. The van der Waals surface area contributed by atoms with E-state index in [0.29, 0.717) is 0 Å². The number of nitrogens with two attached hydrogens (primary N) is 1. The smallest absolute Gasteiger partial charge is 0.138 e. The lowest BCUT2D eigenvalue weighted by Crippen LogP contribution is -2.37. The second kappa shape index (κ2) is 6.45. The zero-order chi connectivity index (χ0) is 13.7. The predicted molar refractivity (Wildman–Crippen MR) is 75.3 cm³/mol. The van der Waals surface area contributed by atoms with Crippen molar-refractivity contribution in [1.82, 2.24) is 20.2 Å². The fourth-order valence-electron chi connectivity index (χ4n) is 2.18. The lowest BCUT2D eigenvalue weighted by atomic mass is 10.0. The molecule has 1 aromatic carbocycles. The van der Waals surface area contributed by atoms with Gasteiger partial charge in [0.15, 0.2) is 0 Å². The van der Waals surface area contributed by atoms with E-state index >= 15 is 0 Å². The number of nitrogens with zero attached hydrogens (tertiary/aromatic N) is 3. The largest absolute Gasteiger partial charge is 0.271 e. The van der Waals surface area contributed by atoms with Gasteiger partial charge in [-0.05, 0) is 25.3 Å². The molecule has 5 heteroatoms. The Labute approximate surface area is 113 Å². The first-order valence-corrected chi connectivity index (χ1v) is 6.53. The van der Waals surface area contributed by atoms with Crippen LogP contribution >= 0.6 is 0 Å². The number of benzene rings is 1. The van der Waals surface area contributed by atoms with E-state index in [9.17, 15) is 0 Å². The minimum Gasteiger partial charge on any atom is -0.271 e. The molecule has 1 heterocycles. The highest BCUT2D eigenvalue weighted by Crippen LogP contribution is 2.10. The minimum absolute atomic E-state index is 0.211. The van der Waals surface area contributed by atoms with Crippen molar-refractivity contribution in [3.8, 4) is 0 Å². The molecule has 0 saturated carbocycles. The molecule has 1 aromatic heterocycles. The predicted octanol–water partition coefficient (Wildman–Crippen LogP) is 1.13. The van der Waals surface area contributed by atoms with Crippen LogP contribution in [0.3, 0.4) is 0 Å². The summed E-state index contributed by atoms with van der Waals surface area (Å²) in [5, 5.41) is 4.07. The maximum Gasteiger partial charge on any atom is 0.138 e. The Morgan fingerprint density at radius 1 is 1.42 bits per heavy atom. The summed E-state index contributed by atoms with van der Waals surface area (Å²) in [6.45, 7) is 2.11. The Bertz CT molecular complexity index is 520. The highest BCUT2D eigenvalue weighted by molar-refractivity contribution is 5.22. The van der Waals surface area contributed by atoms with Crippen molar-refractivity contribution in [3.63, 3.8) is 0 Å². The van der Waals surface area contributed by atoms with E-state index < -0.39 is 0 Å². The van der Waals surface area contributed by atoms with Crippen molar-refractivity contribution in [2.45, 2.75) is 32.2 Å². The fourth-order valence-corrected chi connectivity index (χ4v) is 2.18. The van der Waals surface area contributed by atoms with Crippen molar-refractivity contribution in [3.05, 3.63) is 47.5 Å². The van der Waals surface area contributed by atoms with Crippen LogP contribution in [0.15, 0.2) is 30.6 Å². The Balaban J connectivity index is 1.91. The summed E-state index contributed by atoms with van der Waals surface area (Å²) in [6.07, 6.45) is 4.35. The fraction of sp³-hybridized carbons (Fsp3) is 0.429. The normalized spacial score (nSPS) is 12.6. The molecule has 0 fully saturated rings. The molecule has 0 amide bonds. The zero-order valence-corrected chi connectivity index (χ0v) is 11.5. The summed E-state index contributed by atoms with van der Waals surface area (Å²) in [7, 11) is 1.90. The number of nitrogens with one attached hydrogen (secondary N) is 1. The van der Waals surface area contributed by atoms with Gasteiger partial charge in [-0.1, -0.05) is 29.8 Å². The van der Waals surface area contributed by atoms with Crippen molar-refractivity contribution < 1.29 is 0 Å².